The summed E-state index contributed by atoms with van der Waals surface area (Å²) in [6, 6.07) is 17.5. The zero-order chi connectivity index (χ0) is 22.9. The molecule has 0 atom stereocenters. The number of nitrogens with one attached hydrogen (secondary N) is 1. The number of ether oxygens (including phenoxy) is 1. The molecule has 1 N–H and O–H groups in total. The molecule has 3 aromatic rings. The Morgan fingerprint density at radius 3 is 2.50 bits per heavy atom. The number of hydrogen-bond acceptors (Lipinski definition) is 5. The molecule has 2 aromatic carbocycles. The van der Waals surface area contributed by atoms with Crippen molar-refractivity contribution in [3.05, 3.63) is 83.2 Å². The maximum Gasteiger partial charge on any atom is 0.341 e. The molecule has 1 amide bonds. The van der Waals surface area contributed by atoms with Gasteiger partial charge in [-0.1, -0.05) is 30.3 Å². The molecule has 0 spiro atoms. The quantitative estimate of drug-likeness (QED) is 0.390. The molecular weight excluding hydrogens is 404 g/mol. The third kappa shape index (κ3) is 6.04. The molecule has 7 heteroatoms. The van der Waals surface area contributed by atoms with E-state index >= 15 is 0 Å². The Labute approximate surface area is 189 Å². The molecule has 0 aliphatic heterocycles. The number of esters is 1. The zero-order valence-electron chi connectivity index (χ0n) is 18.9. The number of carbonyl (C=O) groups is 2. The Morgan fingerprint density at radius 1 is 1.09 bits per heavy atom. The highest BCUT2D eigenvalue weighted by atomic mass is 16.5. The summed E-state index contributed by atoms with van der Waals surface area (Å²) in [4.78, 5) is 26.7. The van der Waals surface area contributed by atoms with E-state index in [0.29, 0.717) is 30.0 Å². The van der Waals surface area contributed by atoms with Gasteiger partial charge in [0.25, 0.3) is 5.91 Å². The first-order valence-corrected chi connectivity index (χ1v) is 10.8. The van der Waals surface area contributed by atoms with Gasteiger partial charge >= 0.3 is 5.97 Å². The highest BCUT2D eigenvalue weighted by Gasteiger charge is 2.16. The van der Waals surface area contributed by atoms with Crippen molar-refractivity contribution < 1.29 is 14.3 Å². The minimum atomic E-state index is -0.387. The fraction of sp³-hybridized carbons (Fsp3) is 0.320. The van der Waals surface area contributed by atoms with Crippen LogP contribution in [0.1, 0.15) is 45.3 Å². The second kappa shape index (κ2) is 11.2. The van der Waals surface area contributed by atoms with Crippen LogP contribution in [0.5, 0.6) is 0 Å². The normalized spacial score (nSPS) is 10.9. The van der Waals surface area contributed by atoms with Gasteiger partial charge in [0.05, 0.1) is 24.2 Å². The largest absolute Gasteiger partial charge is 0.462 e. The molecule has 0 fully saturated rings. The second-order valence-corrected chi connectivity index (χ2v) is 7.66. The van der Waals surface area contributed by atoms with E-state index in [4.69, 9.17) is 4.74 Å². The number of benzene rings is 2. The Bertz CT molecular complexity index is 1030. The van der Waals surface area contributed by atoms with Crippen molar-refractivity contribution in [3.8, 4) is 5.69 Å². The van der Waals surface area contributed by atoms with Gasteiger partial charge in [0.15, 0.2) is 0 Å². The molecule has 0 aliphatic rings. The number of rotatable bonds is 10. The molecule has 0 saturated heterocycles. The van der Waals surface area contributed by atoms with Crippen molar-refractivity contribution in [1.29, 1.82) is 0 Å². The topological polar surface area (TPSA) is 76.5 Å². The van der Waals surface area contributed by atoms with Crippen LogP contribution in [0.25, 0.3) is 5.69 Å². The summed E-state index contributed by atoms with van der Waals surface area (Å²) in [6.07, 6.45) is 2.37. The number of amides is 1. The van der Waals surface area contributed by atoms with Crippen LogP contribution in [0, 0.1) is 6.92 Å². The first-order valence-electron chi connectivity index (χ1n) is 10.8. The SMILES string of the molecule is CCOC(=O)c1cnn(-c2ccc(C(=O)NCCCN(C)Cc3ccccc3)cc2)c1C. The fourth-order valence-electron chi connectivity index (χ4n) is 3.46. The van der Waals surface area contributed by atoms with Gasteiger partial charge in [-0.25, -0.2) is 9.48 Å². The smallest absolute Gasteiger partial charge is 0.341 e. The molecule has 0 saturated carbocycles. The molecule has 168 valence electrons. The highest BCUT2D eigenvalue weighted by molar-refractivity contribution is 5.94. The van der Waals surface area contributed by atoms with Crippen LogP contribution in [0.3, 0.4) is 0 Å². The Balaban J connectivity index is 1.48. The Hall–Kier alpha value is -3.45. The molecular formula is C25H30N4O3. The summed E-state index contributed by atoms with van der Waals surface area (Å²) in [5.74, 6) is -0.492. The maximum absolute atomic E-state index is 12.5. The monoisotopic (exact) mass is 434 g/mol. The van der Waals surface area contributed by atoms with Crippen LogP contribution in [-0.4, -0.2) is 53.3 Å². The van der Waals surface area contributed by atoms with Crippen LogP contribution < -0.4 is 5.32 Å². The summed E-state index contributed by atoms with van der Waals surface area (Å²) in [6.45, 7) is 6.30. The first-order chi connectivity index (χ1) is 15.5. The molecule has 0 aliphatic carbocycles. The van der Waals surface area contributed by atoms with E-state index in [1.54, 1.807) is 23.7 Å². The fourth-order valence-corrected chi connectivity index (χ4v) is 3.46. The first kappa shape index (κ1) is 23.2. The molecule has 0 bridgehead atoms. The van der Waals surface area contributed by atoms with E-state index in [-0.39, 0.29) is 11.9 Å². The lowest BCUT2D eigenvalue weighted by molar-refractivity contribution is 0.0525. The lowest BCUT2D eigenvalue weighted by Gasteiger charge is -2.16. The van der Waals surface area contributed by atoms with Crippen LogP contribution in [0.15, 0.2) is 60.8 Å². The average molecular weight is 435 g/mol. The van der Waals surface area contributed by atoms with Crippen molar-refractivity contribution in [2.75, 3.05) is 26.7 Å². The average Bonchev–Trinajstić information content (AvgIpc) is 3.19. The van der Waals surface area contributed by atoms with Crippen molar-refractivity contribution in [3.63, 3.8) is 0 Å². The zero-order valence-corrected chi connectivity index (χ0v) is 18.9. The molecule has 3 rings (SSSR count). The van der Waals surface area contributed by atoms with Gasteiger partial charge in [-0.05, 0) is 63.7 Å². The number of aromatic nitrogens is 2. The second-order valence-electron chi connectivity index (χ2n) is 7.66. The van der Waals surface area contributed by atoms with E-state index < -0.39 is 0 Å². The molecule has 1 aromatic heterocycles. The summed E-state index contributed by atoms with van der Waals surface area (Å²) in [7, 11) is 2.08. The lowest BCUT2D eigenvalue weighted by Crippen LogP contribution is -2.28. The maximum atomic E-state index is 12.5. The summed E-state index contributed by atoms with van der Waals surface area (Å²) in [5.41, 5.74) is 3.77. The van der Waals surface area contributed by atoms with Gasteiger partial charge in [0, 0.05) is 18.7 Å². The van der Waals surface area contributed by atoms with E-state index in [2.05, 4.69) is 34.5 Å². The summed E-state index contributed by atoms with van der Waals surface area (Å²) in [5, 5.41) is 7.25. The van der Waals surface area contributed by atoms with Crippen molar-refractivity contribution in [2.45, 2.75) is 26.8 Å². The van der Waals surface area contributed by atoms with Crippen LogP contribution in [0.4, 0.5) is 0 Å². The molecule has 1 heterocycles. The van der Waals surface area contributed by atoms with Gasteiger partial charge in [-0.15, -0.1) is 0 Å². The summed E-state index contributed by atoms with van der Waals surface area (Å²) < 4.78 is 6.71. The van der Waals surface area contributed by atoms with Gasteiger partial charge in [0.1, 0.15) is 5.56 Å². The van der Waals surface area contributed by atoms with Crippen molar-refractivity contribution in [1.82, 2.24) is 20.0 Å². The Morgan fingerprint density at radius 2 is 1.81 bits per heavy atom. The van der Waals surface area contributed by atoms with Gasteiger partial charge in [-0.2, -0.15) is 5.10 Å². The number of hydrogen-bond donors (Lipinski definition) is 1. The molecule has 32 heavy (non-hydrogen) atoms. The molecule has 7 nitrogen and oxygen atoms in total. The third-order valence-electron chi connectivity index (χ3n) is 5.18. The van der Waals surface area contributed by atoms with Gasteiger partial charge in [0.2, 0.25) is 0 Å². The molecule has 0 unspecified atom stereocenters. The van der Waals surface area contributed by atoms with E-state index in [1.807, 2.05) is 37.3 Å². The highest BCUT2D eigenvalue weighted by Crippen LogP contribution is 2.16. The minimum Gasteiger partial charge on any atom is -0.462 e. The van der Waals surface area contributed by atoms with Crippen LogP contribution in [-0.2, 0) is 11.3 Å². The van der Waals surface area contributed by atoms with Crippen LogP contribution >= 0.6 is 0 Å². The summed E-state index contributed by atoms with van der Waals surface area (Å²) >= 11 is 0. The third-order valence-corrected chi connectivity index (χ3v) is 5.18. The lowest BCUT2D eigenvalue weighted by atomic mass is 10.2. The van der Waals surface area contributed by atoms with E-state index in [0.717, 1.165) is 25.2 Å². The number of carbonyl (C=O) groups excluding carboxylic acids is 2. The molecule has 0 radical (unpaired) electrons. The predicted octanol–water partition coefficient (Wildman–Crippen LogP) is 3.61. The van der Waals surface area contributed by atoms with Crippen molar-refractivity contribution in [2.24, 2.45) is 0 Å². The van der Waals surface area contributed by atoms with E-state index in [1.165, 1.54) is 11.8 Å². The number of nitrogens with zero attached hydrogens (tertiary/aromatic N) is 3. The Kier molecular flexibility index (Phi) is 8.16. The standard InChI is InChI=1S/C25H30N4O3/c1-4-32-25(31)23-17-27-29(19(23)2)22-13-11-21(12-14-22)24(30)26-15-8-16-28(3)18-20-9-6-5-7-10-20/h5-7,9-14,17H,4,8,15-16,18H2,1-3H3,(H,26,30). The van der Waals surface area contributed by atoms with E-state index in [9.17, 15) is 9.59 Å². The van der Waals surface area contributed by atoms with Crippen LogP contribution in [0.2, 0.25) is 0 Å². The predicted molar refractivity (Wildman–Crippen MR) is 124 cm³/mol. The minimum absolute atomic E-state index is 0.105. The van der Waals surface area contributed by atoms with Gasteiger partial charge in [-0.3, -0.25) is 4.79 Å². The van der Waals surface area contributed by atoms with Gasteiger partial charge < -0.3 is 15.0 Å². The van der Waals surface area contributed by atoms with Crippen molar-refractivity contribution >= 4 is 11.9 Å².